The van der Waals surface area contributed by atoms with Crippen LogP contribution in [0.15, 0.2) is 35.1 Å². The summed E-state index contributed by atoms with van der Waals surface area (Å²) in [5.74, 6) is 1.01. The topological polar surface area (TPSA) is 55.3 Å². The lowest BCUT2D eigenvalue weighted by Crippen LogP contribution is -3.00. The number of allylic oxidation sites excluding steroid dienone is 1. The molecule has 0 fully saturated rings. The molecule has 2 N–H and O–H groups in total. The first-order valence-electron chi connectivity index (χ1n) is 7.66. The van der Waals surface area contributed by atoms with Gasteiger partial charge in [0.05, 0.1) is 5.70 Å². The van der Waals surface area contributed by atoms with E-state index in [0.717, 1.165) is 31.4 Å². The Morgan fingerprint density at radius 3 is 3.05 bits per heavy atom. The van der Waals surface area contributed by atoms with Crippen LogP contribution >= 0.6 is 0 Å². The largest absolute Gasteiger partial charge is 1.00 e. The lowest BCUT2D eigenvalue weighted by Gasteiger charge is -2.12. The number of rotatable bonds is 5. The van der Waals surface area contributed by atoms with Crippen LogP contribution in [-0.4, -0.2) is 12.3 Å². The van der Waals surface area contributed by atoms with E-state index in [1.54, 1.807) is 0 Å². The number of quaternary nitrogens is 1. The molecule has 1 atom stereocenters. The van der Waals surface area contributed by atoms with Crippen LogP contribution in [0.25, 0.3) is 0 Å². The second kappa shape index (κ2) is 7.56. The summed E-state index contributed by atoms with van der Waals surface area (Å²) >= 11 is 0. The minimum absolute atomic E-state index is 0. The van der Waals surface area contributed by atoms with Crippen LogP contribution < -0.4 is 22.5 Å². The van der Waals surface area contributed by atoms with Crippen molar-refractivity contribution in [2.24, 2.45) is 4.99 Å². The van der Waals surface area contributed by atoms with Gasteiger partial charge in [-0.15, -0.1) is 0 Å². The number of hydrogen-bond donors (Lipinski definition) is 1. The molecule has 0 amide bonds. The van der Waals surface area contributed by atoms with Gasteiger partial charge in [-0.3, -0.25) is 10.1 Å². The number of ether oxygens (including phenoxy) is 1. The number of esters is 1. The molecule has 1 aliphatic heterocycles. The zero-order chi connectivity index (χ0) is 14.7. The Hall–Kier alpha value is -1.65. The van der Waals surface area contributed by atoms with E-state index in [0.29, 0.717) is 18.1 Å². The third-order valence-electron chi connectivity index (χ3n) is 4.08. The molecule has 0 bridgehead atoms. The molecule has 4 nitrogen and oxygen atoms in total. The molecule has 0 radical (unpaired) electrons. The number of halogens is 1. The molecule has 22 heavy (non-hydrogen) atoms. The molecule has 1 aromatic rings. The predicted octanol–water partition coefficient (Wildman–Crippen LogP) is -0.737. The molecule has 0 spiro atoms. The highest BCUT2D eigenvalue weighted by atomic mass is 35.5. The molecule has 1 aromatic carbocycles. The van der Waals surface area contributed by atoms with Gasteiger partial charge in [0.15, 0.2) is 6.34 Å². The Morgan fingerprint density at radius 2 is 2.32 bits per heavy atom. The van der Waals surface area contributed by atoms with Crippen molar-refractivity contribution >= 4 is 12.3 Å². The Kier molecular flexibility index (Phi) is 5.75. The second-order valence-electron chi connectivity index (χ2n) is 5.65. The van der Waals surface area contributed by atoms with Crippen molar-refractivity contribution in [3.63, 3.8) is 0 Å². The van der Waals surface area contributed by atoms with Crippen molar-refractivity contribution in [1.82, 2.24) is 0 Å². The Labute approximate surface area is 137 Å². The van der Waals surface area contributed by atoms with Gasteiger partial charge >= 0.3 is 5.97 Å². The van der Waals surface area contributed by atoms with Crippen molar-refractivity contribution in [3.05, 3.63) is 41.2 Å². The maximum atomic E-state index is 11.6. The highest BCUT2D eigenvalue weighted by Crippen LogP contribution is 2.39. The first-order valence-corrected chi connectivity index (χ1v) is 7.66. The van der Waals surface area contributed by atoms with E-state index in [-0.39, 0.29) is 18.4 Å². The Morgan fingerprint density at radius 1 is 1.45 bits per heavy atom. The van der Waals surface area contributed by atoms with Crippen molar-refractivity contribution in [2.75, 3.05) is 0 Å². The third-order valence-corrected chi connectivity index (χ3v) is 4.08. The number of nitrogens with two attached hydrogens (primary N) is 1. The van der Waals surface area contributed by atoms with E-state index in [4.69, 9.17) is 4.74 Å². The average Bonchev–Trinajstić information content (AvgIpc) is 3.10. The average molecular weight is 321 g/mol. The van der Waals surface area contributed by atoms with E-state index in [9.17, 15) is 4.79 Å². The maximum Gasteiger partial charge on any atom is 0.311 e. The van der Waals surface area contributed by atoms with Crippen LogP contribution in [0.3, 0.4) is 0 Å². The van der Waals surface area contributed by atoms with Crippen LogP contribution in [-0.2, 0) is 11.2 Å². The van der Waals surface area contributed by atoms with Crippen LogP contribution in [0.2, 0.25) is 0 Å². The normalized spacial score (nSPS) is 18.6. The van der Waals surface area contributed by atoms with E-state index in [2.05, 4.69) is 17.3 Å². The van der Waals surface area contributed by atoms with E-state index in [1.807, 2.05) is 30.7 Å². The molecule has 1 aliphatic carbocycles. The summed E-state index contributed by atoms with van der Waals surface area (Å²) in [5.41, 5.74) is 3.84. The minimum atomic E-state index is -0.148. The summed E-state index contributed by atoms with van der Waals surface area (Å²) in [6.07, 6.45) is 8.41. The molecule has 1 heterocycles. The number of nitrogens with zero attached hydrogens (tertiary/aromatic N) is 1. The van der Waals surface area contributed by atoms with Crippen molar-refractivity contribution in [3.8, 4) is 5.75 Å². The van der Waals surface area contributed by atoms with Gasteiger partial charge in [-0.05, 0) is 48.4 Å². The van der Waals surface area contributed by atoms with Crippen LogP contribution in [0.4, 0.5) is 0 Å². The smallest absolute Gasteiger partial charge is 0.311 e. The SMILES string of the molecule is CCCC(=O)Oc1ccc2c(c1)C(CC1=C[NH2+]C=N1)CC2.[Cl-]. The van der Waals surface area contributed by atoms with Crippen molar-refractivity contribution < 1.29 is 27.3 Å². The maximum absolute atomic E-state index is 11.6. The van der Waals surface area contributed by atoms with Gasteiger partial charge in [-0.1, -0.05) is 13.0 Å². The summed E-state index contributed by atoms with van der Waals surface area (Å²) in [6, 6.07) is 6.06. The summed E-state index contributed by atoms with van der Waals surface area (Å²) in [4.78, 5) is 16.0. The fourth-order valence-corrected chi connectivity index (χ4v) is 3.04. The second-order valence-corrected chi connectivity index (χ2v) is 5.65. The third kappa shape index (κ3) is 3.76. The van der Waals surface area contributed by atoms with Crippen LogP contribution in [0, 0.1) is 0 Å². The molecular weight excluding hydrogens is 300 g/mol. The zero-order valence-corrected chi connectivity index (χ0v) is 13.5. The Bertz CT molecular complexity index is 611. The number of hydrogen-bond acceptors (Lipinski definition) is 3. The van der Waals surface area contributed by atoms with Gasteiger partial charge in [0.1, 0.15) is 11.9 Å². The van der Waals surface area contributed by atoms with Crippen LogP contribution in [0.1, 0.15) is 49.7 Å². The quantitative estimate of drug-likeness (QED) is 0.574. The number of fused-ring (bicyclic) bond motifs is 1. The van der Waals surface area contributed by atoms with Gasteiger partial charge in [-0.2, -0.15) is 0 Å². The molecule has 0 saturated carbocycles. The molecule has 5 heteroatoms. The molecule has 1 unspecified atom stereocenters. The summed E-state index contributed by atoms with van der Waals surface area (Å²) in [5, 5.41) is 1.98. The standard InChI is InChI=1S/C17H20N2O2.ClH/c1-2-3-17(20)21-15-7-6-12-4-5-13(16(12)9-15)8-14-10-18-11-19-14;/h6-7,9-11,13H,2-5,8H2,1H3,(H,18,19);1H. The summed E-state index contributed by atoms with van der Waals surface area (Å²) < 4.78 is 5.41. The number of benzene rings is 1. The highest BCUT2D eigenvalue weighted by Gasteiger charge is 2.25. The first kappa shape index (κ1) is 16.7. The first-order chi connectivity index (χ1) is 10.3. The molecule has 0 saturated heterocycles. The number of aryl methyl sites for hydroxylation is 1. The summed E-state index contributed by atoms with van der Waals surface area (Å²) in [7, 11) is 0. The lowest BCUT2D eigenvalue weighted by atomic mass is 9.96. The number of carbonyl (C=O) groups is 1. The molecule has 3 rings (SSSR count). The van der Waals surface area contributed by atoms with Gasteiger partial charge in [-0.25, -0.2) is 4.99 Å². The number of aliphatic imine (C=N–C) groups is 1. The van der Waals surface area contributed by atoms with E-state index < -0.39 is 0 Å². The fraction of sp³-hybridized carbons (Fsp3) is 0.412. The molecule has 0 aromatic heterocycles. The van der Waals surface area contributed by atoms with Gasteiger partial charge < -0.3 is 17.1 Å². The van der Waals surface area contributed by atoms with E-state index >= 15 is 0 Å². The van der Waals surface area contributed by atoms with Gasteiger partial charge in [0, 0.05) is 12.8 Å². The highest BCUT2D eigenvalue weighted by molar-refractivity contribution is 5.72. The number of carbonyl (C=O) groups excluding carboxylic acids is 1. The van der Waals surface area contributed by atoms with Crippen LogP contribution in [0.5, 0.6) is 5.75 Å². The predicted molar refractivity (Wildman–Crippen MR) is 81.2 cm³/mol. The fourth-order valence-electron chi connectivity index (χ4n) is 3.04. The monoisotopic (exact) mass is 320 g/mol. The molecular formula is C17H21ClN2O2. The minimum Gasteiger partial charge on any atom is -1.00 e. The van der Waals surface area contributed by atoms with Crippen molar-refractivity contribution in [1.29, 1.82) is 0 Å². The van der Waals surface area contributed by atoms with E-state index in [1.165, 1.54) is 11.1 Å². The van der Waals surface area contributed by atoms with Gasteiger partial charge in [0.2, 0.25) is 0 Å². The molecule has 2 aliphatic rings. The van der Waals surface area contributed by atoms with Gasteiger partial charge in [0.25, 0.3) is 0 Å². The Balaban J connectivity index is 0.00000176. The lowest BCUT2D eigenvalue weighted by molar-refractivity contribution is -0.447. The summed E-state index contributed by atoms with van der Waals surface area (Å²) in [6.45, 7) is 1.98. The molecule has 118 valence electrons. The van der Waals surface area contributed by atoms with Crippen molar-refractivity contribution in [2.45, 2.75) is 44.9 Å². The zero-order valence-electron chi connectivity index (χ0n) is 12.7.